The fourth-order valence-corrected chi connectivity index (χ4v) is 2.64. The van der Waals surface area contributed by atoms with Crippen LogP contribution in [-0.2, 0) is 23.9 Å². The van der Waals surface area contributed by atoms with E-state index in [2.05, 4.69) is 6.58 Å². The number of esters is 1. The maximum atomic E-state index is 11.8. The van der Waals surface area contributed by atoms with Crippen molar-refractivity contribution in [3.05, 3.63) is 35.5 Å². The predicted octanol–water partition coefficient (Wildman–Crippen LogP) is 3.78. The first-order chi connectivity index (χ1) is 12.3. The van der Waals surface area contributed by atoms with Crippen LogP contribution >= 0.6 is 0 Å². The molecule has 0 bridgehead atoms. The van der Waals surface area contributed by atoms with E-state index in [9.17, 15) is 19.2 Å². The molecule has 144 valence electrons. The molecule has 0 N–H and O–H groups in total. The van der Waals surface area contributed by atoms with Crippen molar-refractivity contribution in [1.82, 2.24) is 0 Å². The van der Waals surface area contributed by atoms with Gasteiger partial charge in [-0.15, -0.1) is 0 Å². The fourth-order valence-electron chi connectivity index (χ4n) is 2.64. The van der Waals surface area contributed by atoms with Crippen LogP contribution in [0, 0.1) is 11.8 Å². The molecule has 0 aromatic rings. The maximum Gasteiger partial charge on any atom is 0.306 e. The summed E-state index contributed by atoms with van der Waals surface area (Å²) in [5.74, 6) is -1.72. The van der Waals surface area contributed by atoms with E-state index >= 15 is 0 Å². The van der Waals surface area contributed by atoms with Crippen molar-refractivity contribution in [1.29, 1.82) is 0 Å². The Labute approximate surface area is 156 Å². The van der Waals surface area contributed by atoms with Crippen molar-refractivity contribution >= 4 is 24.3 Å². The van der Waals surface area contributed by atoms with Gasteiger partial charge in [0.15, 0.2) is 0 Å². The van der Waals surface area contributed by atoms with Gasteiger partial charge in [-0.25, -0.2) is 0 Å². The molecule has 0 rings (SSSR count). The van der Waals surface area contributed by atoms with E-state index in [0.29, 0.717) is 43.1 Å². The third kappa shape index (κ3) is 9.25. The number of carbonyl (C=O) groups is 4. The van der Waals surface area contributed by atoms with Gasteiger partial charge in [0.25, 0.3) is 0 Å². The lowest BCUT2D eigenvalue weighted by molar-refractivity contribution is -0.141. The Balaban J connectivity index is 5.50. The molecule has 0 unspecified atom stereocenters. The highest BCUT2D eigenvalue weighted by atomic mass is 16.5. The van der Waals surface area contributed by atoms with E-state index in [1.165, 1.54) is 14.0 Å². The second kappa shape index (κ2) is 13.0. The van der Waals surface area contributed by atoms with Crippen LogP contribution < -0.4 is 0 Å². The molecule has 0 aliphatic heterocycles. The zero-order valence-corrected chi connectivity index (χ0v) is 16.2. The zero-order chi connectivity index (χ0) is 20.1. The first-order valence-electron chi connectivity index (χ1n) is 8.74. The van der Waals surface area contributed by atoms with Gasteiger partial charge in [0.05, 0.1) is 13.5 Å². The Bertz CT molecular complexity index is 579. The molecule has 0 saturated heterocycles. The molecule has 0 aliphatic carbocycles. The number of hydrogen-bond donors (Lipinski definition) is 0. The molecule has 26 heavy (non-hydrogen) atoms. The fraction of sp³-hybridized carbons (Fsp3) is 0.524. The standard InChI is InChI=1S/C21H30O5/c1-15(2)8-6-11-18(13-22)19(12-21(25)26-5)20(14-23)16(3)9-7-10-17(4)24/h8,11,13-14,19-20H,3,6-7,9-10,12H2,1-2,4-5H3/b18-11-/t19-,20+/m1/s1. The lowest BCUT2D eigenvalue weighted by Gasteiger charge is -2.24. The third-order valence-corrected chi connectivity index (χ3v) is 4.14. The summed E-state index contributed by atoms with van der Waals surface area (Å²) >= 11 is 0. The summed E-state index contributed by atoms with van der Waals surface area (Å²) < 4.78 is 4.72. The average molecular weight is 362 g/mol. The van der Waals surface area contributed by atoms with Gasteiger partial charge in [-0.3, -0.25) is 9.59 Å². The normalized spacial score (nSPS) is 13.3. The van der Waals surface area contributed by atoms with E-state index in [1.54, 1.807) is 6.08 Å². The van der Waals surface area contributed by atoms with Gasteiger partial charge < -0.3 is 14.3 Å². The Kier molecular flexibility index (Phi) is 11.8. The average Bonchev–Trinajstić information content (AvgIpc) is 2.57. The molecule has 0 aromatic heterocycles. The molecule has 0 aliphatic rings. The number of aldehydes is 2. The van der Waals surface area contributed by atoms with Crippen molar-refractivity contribution in [2.24, 2.45) is 11.8 Å². The summed E-state index contributed by atoms with van der Waals surface area (Å²) in [6.07, 6.45) is 7.03. The van der Waals surface area contributed by atoms with E-state index in [-0.39, 0.29) is 12.2 Å². The minimum absolute atomic E-state index is 0.0711. The molecular weight excluding hydrogens is 332 g/mol. The van der Waals surface area contributed by atoms with E-state index < -0.39 is 17.8 Å². The Morgan fingerprint density at radius 3 is 2.19 bits per heavy atom. The quantitative estimate of drug-likeness (QED) is 0.216. The highest BCUT2D eigenvalue weighted by molar-refractivity contribution is 5.80. The van der Waals surface area contributed by atoms with E-state index in [0.717, 1.165) is 11.9 Å². The van der Waals surface area contributed by atoms with E-state index in [1.807, 2.05) is 19.9 Å². The Hall–Kier alpha value is -2.30. The lowest BCUT2D eigenvalue weighted by Crippen LogP contribution is -2.25. The van der Waals surface area contributed by atoms with Crippen LogP contribution in [0.3, 0.4) is 0 Å². The first-order valence-corrected chi connectivity index (χ1v) is 8.74. The van der Waals surface area contributed by atoms with Gasteiger partial charge in [0, 0.05) is 18.3 Å². The minimum Gasteiger partial charge on any atom is -0.469 e. The van der Waals surface area contributed by atoms with Gasteiger partial charge in [-0.2, -0.15) is 0 Å². The van der Waals surface area contributed by atoms with Gasteiger partial charge >= 0.3 is 5.97 Å². The van der Waals surface area contributed by atoms with Crippen molar-refractivity contribution < 1.29 is 23.9 Å². The minimum atomic E-state index is -0.677. The van der Waals surface area contributed by atoms with Crippen molar-refractivity contribution in [3.63, 3.8) is 0 Å². The smallest absolute Gasteiger partial charge is 0.306 e. The predicted molar refractivity (Wildman–Crippen MR) is 102 cm³/mol. The van der Waals surface area contributed by atoms with Crippen molar-refractivity contribution in [2.45, 2.75) is 52.9 Å². The number of rotatable bonds is 13. The molecule has 2 atom stereocenters. The number of carbonyl (C=O) groups excluding carboxylic acids is 4. The number of Topliss-reactive ketones (excluding diaryl/α,β-unsaturated/α-hetero) is 1. The second-order valence-electron chi connectivity index (χ2n) is 6.60. The Morgan fingerprint density at radius 1 is 1.08 bits per heavy atom. The number of hydrogen-bond acceptors (Lipinski definition) is 5. The highest BCUT2D eigenvalue weighted by Gasteiger charge is 2.29. The third-order valence-electron chi connectivity index (χ3n) is 4.14. The summed E-state index contributed by atoms with van der Waals surface area (Å²) in [5.41, 5.74) is 2.11. The van der Waals surface area contributed by atoms with Crippen LogP contribution in [0.2, 0.25) is 0 Å². The van der Waals surface area contributed by atoms with Crippen LogP contribution in [0.5, 0.6) is 0 Å². The summed E-state index contributed by atoms with van der Waals surface area (Å²) in [6.45, 7) is 9.36. The van der Waals surface area contributed by atoms with Gasteiger partial charge in [0.1, 0.15) is 18.4 Å². The highest BCUT2D eigenvalue weighted by Crippen LogP contribution is 2.30. The largest absolute Gasteiger partial charge is 0.469 e. The van der Waals surface area contributed by atoms with Crippen LogP contribution in [0.25, 0.3) is 0 Å². The number of allylic oxidation sites excluding steroid dienone is 5. The number of ether oxygens (including phenoxy) is 1. The van der Waals surface area contributed by atoms with Crippen LogP contribution in [0.1, 0.15) is 52.9 Å². The molecule has 0 spiro atoms. The van der Waals surface area contributed by atoms with E-state index in [4.69, 9.17) is 4.74 Å². The van der Waals surface area contributed by atoms with Gasteiger partial charge in [-0.1, -0.05) is 29.9 Å². The van der Waals surface area contributed by atoms with Crippen LogP contribution in [0.4, 0.5) is 0 Å². The second-order valence-corrected chi connectivity index (χ2v) is 6.60. The lowest BCUT2D eigenvalue weighted by atomic mass is 9.78. The Morgan fingerprint density at radius 2 is 1.73 bits per heavy atom. The number of ketones is 1. The maximum absolute atomic E-state index is 11.8. The molecule has 5 nitrogen and oxygen atoms in total. The molecule has 5 heteroatoms. The molecular formula is C21H30O5. The molecule has 0 aromatic carbocycles. The number of methoxy groups -OCH3 is 1. The van der Waals surface area contributed by atoms with Gasteiger partial charge in [0.2, 0.25) is 0 Å². The molecule has 0 amide bonds. The molecule has 0 heterocycles. The topological polar surface area (TPSA) is 77.5 Å². The first kappa shape index (κ1) is 23.7. The van der Waals surface area contributed by atoms with Crippen LogP contribution in [-0.4, -0.2) is 31.4 Å². The summed E-state index contributed by atoms with van der Waals surface area (Å²) in [5, 5.41) is 0. The van der Waals surface area contributed by atoms with Crippen molar-refractivity contribution in [2.75, 3.05) is 7.11 Å². The summed E-state index contributed by atoms with van der Waals surface area (Å²) in [7, 11) is 1.27. The molecule has 0 fully saturated rings. The monoisotopic (exact) mass is 362 g/mol. The van der Waals surface area contributed by atoms with Crippen molar-refractivity contribution in [3.8, 4) is 0 Å². The van der Waals surface area contributed by atoms with Gasteiger partial charge in [-0.05, 0) is 45.6 Å². The SMILES string of the molecule is C=C(CCCC(C)=O)[C@H](C=O)[C@H](CC(=O)OC)/C(C=O)=C\CC=C(C)C. The van der Waals surface area contributed by atoms with Crippen LogP contribution in [0.15, 0.2) is 35.5 Å². The summed E-state index contributed by atoms with van der Waals surface area (Å²) in [6, 6.07) is 0. The summed E-state index contributed by atoms with van der Waals surface area (Å²) in [4.78, 5) is 46.2. The molecule has 0 radical (unpaired) electrons. The zero-order valence-electron chi connectivity index (χ0n) is 16.2. The molecule has 0 saturated carbocycles.